The van der Waals surface area contributed by atoms with Crippen molar-refractivity contribution in [3.8, 4) is 0 Å². The minimum absolute atomic E-state index is 0.0885. The first-order valence-corrected chi connectivity index (χ1v) is 9.31. The number of rotatable bonds is 3. The van der Waals surface area contributed by atoms with Crippen LogP contribution in [0.25, 0.3) is 0 Å². The topological polar surface area (TPSA) is 43.9 Å². The Hall–Kier alpha value is -1.40. The van der Waals surface area contributed by atoms with Crippen molar-refractivity contribution in [2.75, 3.05) is 37.6 Å². The van der Waals surface area contributed by atoms with Crippen molar-refractivity contribution in [2.45, 2.75) is 32.7 Å². The van der Waals surface area contributed by atoms with Crippen molar-refractivity contribution < 1.29 is 9.59 Å². The molecular formula is C17H25N3O2S. The normalized spacial score (nSPS) is 22.4. The zero-order valence-corrected chi connectivity index (χ0v) is 14.7. The van der Waals surface area contributed by atoms with Crippen LogP contribution >= 0.6 is 11.3 Å². The lowest BCUT2D eigenvalue weighted by atomic mass is 9.98. The van der Waals surface area contributed by atoms with Gasteiger partial charge in [-0.3, -0.25) is 14.5 Å². The summed E-state index contributed by atoms with van der Waals surface area (Å²) in [5.74, 6) is 0.977. The van der Waals surface area contributed by atoms with Crippen molar-refractivity contribution >= 4 is 28.2 Å². The molecule has 0 aromatic carbocycles. The molecule has 0 spiro atoms. The monoisotopic (exact) mass is 335 g/mol. The van der Waals surface area contributed by atoms with Gasteiger partial charge in [0.25, 0.3) is 0 Å². The van der Waals surface area contributed by atoms with Crippen molar-refractivity contribution in [3.05, 3.63) is 17.5 Å². The van der Waals surface area contributed by atoms with E-state index >= 15 is 0 Å². The van der Waals surface area contributed by atoms with E-state index in [4.69, 9.17) is 0 Å². The van der Waals surface area contributed by atoms with Gasteiger partial charge in [-0.25, -0.2) is 0 Å². The molecule has 3 heterocycles. The number of piperidine rings is 1. The second-order valence-electron chi connectivity index (χ2n) is 6.65. The van der Waals surface area contributed by atoms with Crippen LogP contribution in [0, 0.1) is 5.92 Å². The van der Waals surface area contributed by atoms with E-state index in [-0.39, 0.29) is 17.9 Å². The molecule has 126 valence electrons. The second-order valence-corrected chi connectivity index (χ2v) is 7.58. The van der Waals surface area contributed by atoms with Crippen LogP contribution in [0.5, 0.6) is 0 Å². The van der Waals surface area contributed by atoms with E-state index in [1.54, 1.807) is 11.3 Å². The standard InChI is InChI=1S/C17H25N3O2S/c1-13-5-7-18(8-6-13)17(22)14(2)19-9-10-20(15(21)12-19)16-4-3-11-23-16/h3-4,11,13-14H,5-10,12H2,1-2H3. The van der Waals surface area contributed by atoms with Crippen molar-refractivity contribution in [1.82, 2.24) is 9.80 Å². The fourth-order valence-corrected chi connectivity index (χ4v) is 4.10. The number of amides is 2. The molecule has 1 aromatic heterocycles. The highest BCUT2D eigenvalue weighted by Gasteiger charge is 2.33. The molecule has 0 aliphatic carbocycles. The van der Waals surface area contributed by atoms with E-state index in [1.807, 2.05) is 39.1 Å². The summed E-state index contributed by atoms with van der Waals surface area (Å²) in [5.41, 5.74) is 0. The molecule has 2 amide bonds. The van der Waals surface area contributed by atoms with Gasteiger partial charge in [0.15, 0.2) is 0 Å². The van der Waals surface area contributed by atoms with Crippen LogP contribution in [0.1, 0.15) is 26.7 Å². The molecule has 2 aliphatic heterocycles. The number of likely N-dealkylation sites (tertiary alicyclic amines) is 1. The van der Waals surface area contributed by atoms with Gasteiger partial charge in [-0.05, 0) is 43.2 Å². The lowest BCUT2D eigenvalue weighted by Crippen LogP contribution is -2.57. The van der Waals surface area contributed by atoms with Crippen molar-refractivity contribution in [2.24, 2.45) is 5.92 Å². The van der Waals surface area contributed by atoms with Gasteiger partial charge in [0.2, 0.25) is 11.8 Å². The van der Waals surface area contributed by atoms with Gasteiger partial charge in [0, 0.05) is 26.2 Å². The summed E-state index contributed by atoms with van der Waals surface area (Å²) in [5, 5.41) is 2.98. The third-order valence-corrected chi connectivity index (χ3v) is 5.91. The van der Waals surface area contributed by atoms with Crippen LogP contribution in [0.15, 0.2) is 17.5 Å². The molecule has 0 radical (unpaired) electrons. The Morgan fingerprint density at radius 1 is 1.26 bits per heavy atom. The van der Waals surface area contributed by atoms with Gasteiger partial charge < -0.3 is 9.80 Å². The maximum absolute atomic E-state index is 12.7. The van der Waals surface area contributed by atoms with Crippen LogP contribution in [0.2, 0.25) is 0 Å². The molecule has 2 fully saturated rings. The van der Waals surface area contributed by atoms with Crippen LogP contribution in [-0.2, 0) is 9.59 Å². The highest BCUT2D eigenvalue weighted by atomic mass is 32.1. The molecule has 0 bridgehead atoms. The first-order valence-electron chi connectivity index (χ1n) is 8.43. The zero-order valence-electron chi connectivity index (χ0n) is 13.9. The van der Waals surface area contributed by atoms with E-state index < -0.39 is 0 Å². The SMILES string of the molecule is CC1CCN(C(=O)C(C)N2CCN(c3cccs3)C(=O)C2)CC1. The lowest BCUT2D eigenvalue weighted by molar-refractivity contribution is -0.139. The van der Waals surface area contributed by atoms with Crippen LogP contribution in [0.3, 0.4) is 0 Å². The first-order chi connectivity index (χ1) is 11.1. The van der Waals surface area contributed by atoms with Crippen molar-refractivity contribution in [1.29, 1.82) is 0 Å². The average molecular weight is 335 g/mol. The van der Waals surface area contributed by atoms with Gasteiger partial charge in [0.05, 0.1) is 17.6 Å². The van der Waals surface area contributed by atoms with Gasteiger partial charge >= 0.3 is 0 Å². The molecule has 23 heavy (non-hydrogen) atoms. The van der Waals surface area contributed by atoms with E-state index in [1.165, 1.54) is 0 Å². The molecule has 3 rings (SSSR count). The quantitative estimate of drug-likeness (QED) is 0.849. The van der Waals surface area contributed by atoms with Gasteiger partial charge in [-0.1, -0.05) is 6.92 Å². The number of carbonyl (C=O) groups is 2. The van der Waals surface area contributed by atoms with Gasteiger partial charge in [-0.2, -0.15) is 0 Å². The molecule has 2 saturated heterocycles. The Labute approximate surface area is 141 Å². The molecule has 2 aliphatic rings. The van der Waals surface area contributed by atoms with Crippen molar-refractivity contribution in [3.63, 3.8) is 0 Å². The maximum Gasteiger partial charge on any atom is 0.241 e. The highest BCUT2D eigenvalue weighted by Crippen LogP contribution is 2.24. The summed E-state index contributed by atoms with van der Waals surface area (Å²) in [6.45, 7) is 7.63. The smallest absolute Gasteiger partial charge is 0.241 e. The summed E-state index contributed by atoms with van der Waals surface area (Å²) in [7, 11) is 0. The predicted molar refractivity (Wildman–Crippen MR) is 92.7 cm³/mol. The average Bonchev–Trinajstić information content (AvgIpc) is 3.08. The van der Waals surface area contributed by atoms with Gasteiger partial charge in [-0.15, -0.1) is 11.3 Å². The first kappa shape index (κ1) is 16.5. The number of hydrogen-bond donors (Lipinski definition) is 0. The molecule has 0 saturated carbocycles. The Balaban J connectivity index is 1.58. The summed E-state index contributed by atoms with van der Waals surface area (Å²) in [4.78, 5) is 30.9. The fourth-order valence-electron chi connectivity index (χ4n) is 3.33. The second kappa shape index (κ2) is 7.01. The summed E-state index contributed by atoms with van der Waals surface area (Å²) in [6.07, 6.45) is 2.17. The molecule has 1 atom stereocenters. The number of hydrogen-bond acceptors (Lipinski definition) is 4. The van der Waals surface area contributed by atoms with E-state index in [0.717, 1.165) is 37.5 Å². The fraction of sp³-hybridized carbons (Fsp3) is 0.647. The lowest BCUT2D eigenvalue weighted by Gasteiger charge is -2.39. The third-order valence-electron chi connectivity index (χ3n) is 5.02. The highest BCUT2D eigenvalue weighted by molar-refractivity contribution is 7.14. The Kier molecular flexibility index (Phi) is 5.02. The maximum atomic E-state index is 12.7. The Morgan fingerprint density at radius 2 is 2.00 bits per heavy atom. The number of thiophene rings is 1. The van der Waals surface area contributed by atoms with E-state index in [9.17, 15) is 9.59 Å². The van der Waals surface area contributed by atoms with Crippen LogP contribution < -0.4 is 4.90 Å². The molecule has 1 aromatic rings. The van der Waals surface area contributed by atoms with E-state index in [2.05, 4.69) is 6.92 Å². The number of nitrogens with zero attached hydrogens (tertiary/aromatic N) is 3. The molecule has 1 unspecified atom stereocenters. The van der Waals surface area contributed by atoms with Crippen LogP contribution in [-0.4, -0.2) is 60.4 Å². The number of piperazine rings is 1. The Morgan fingerprint density at radius 3 is 2.61 bits per heavy atom. The molecular weight excluding hydrogens is 310 g/mol. The minimum Gasteiger partial charge on any atom is -0.341 e. The predicted octanol–water partition coefficient (Wildman–Crippen LogP) is 2.04. The summed E-state index contributed by atoms with van der Waals surface area (Å²) < 4.78 is 0. The summed E-state index contributed by atoms with van der Waals surface area (Å²) >= 11 is 1.58. The molecule has 5 nitrogen and oxygen atoms in total. The Bertz CT molecular complexity index is 552. The zero-order chi connectivity index (χ0) is 16.4. The molecule has 6 heteroatoms. The number of anilines is 1. The van der Waals surface area contributed by atoms with Crippen LogP contribution in [0.4, 0.5) is 5.00 Å². The van der Waals surface area contributed by atoms with E-state index in [0.29, 0.717) is 19.0 Å². The van der Waals surface area contributed by atoms with Gasteiger partial charge in [0.1, 0.15) is 0 Å². The molecule has 0 N–H and O–H groups in total. The third kappa shape index (κ3) is 3.58. The number of carbonyl (C=O) groups excluding carboxylic acids is 2. The largest absolute Gasteiger partial charge is 0.341 e. The minimum atomic E-state index is -0.210. The summed E-state index contributed by atoms with van der Waals surface area (Å²) in [6, 6.07) is 3.73.